The number of nitrogens with one attached hydrogen (secondary N) is 1. The quantitative estimate of drug-likeness (QED) is 0.662. The van der Waals surface area contributed by atoms with Crippen molar-refractivity contribution in [1.29, 1.82) is 0 Å². The Hall–Kier alpha value is -1.97. The van der Waals surface area contributed by atoms with Crippen molar-refractivity contribution in [2.75, 3.05) is 44.6 Å². The number of rotatable bonds is 6. The van der Waals surface area contributed by atoms with Gasteiger partial charge < -0.3 is 15.1 Å². The molecule has 0 saturated carbocycles. The lowest BCUT2D eigenvalue weighted by atomic mass is 9.93. The lowest BCUT2D eigenvalue weighted by Gasteiger charge is -2.40. The highest BCUT2D eigenvalue weighted by molar-refractivity contribution is 7.89. The Bertz CT molecular complexity index is 944. The summed E-state index contributed by atoms with van der Waals surface area (Å²) in [6.07, 6.45) is 8.03. The fraction of sp³-hybridized carbons (Fsp3) is 0.680. The molecule has 188 valence electrons. The summed E-state index contributed by atoms with van der Waals surface area (Å²) in [5, 5.41) is 2.65. The maximum atomic E-state index is 13.0. The molecule has 8 nitrogen and oxygen atoms in total. The van der Waals surface area contributed by atoms with Crippen LogP contribution in [0, 0.1) is 5.92 Å². The third-order valence-electron chi connectivity index (χ3n) is 7.57. The predicted octanol–water partition coefficient (Wildman–Crippen LogP) is 2.91. The van der Waals surface area contributed by atoms with Crippen LogP contribution in [0.15, 0.2) is 29.2 Å². The van der Waals surface area contributed by atoms with Gasteiger partial charge in [0.2, 0.25) is 21.8 Å². The second kappa shape index (κ2) is 11.2. The third-order valence-corrected chi connectivity index (χ3v) is 9.49. The highest BCUT2D eigenvalue weighted by Crippen LogP contribution is 2.28. The van der Waals surface area contributed by atoms with Crippen molar-refractivity contribution in [1.82, 2.24) is 14.1 Å². The molecule has 0 unspecified atom stereocenters. The minimum Gasteiger partial charge on any atom is -0.343 e. The van der Waals surface area contributed by atoms with Gasteiger partial charge in [0.1, 0.15) is 0 Å². The number of likely N-dealkylation sites (tertiary alicyclic amines) is 2. The van der Waals surface area contributed by atoms with Gasteiger partial charge in [0.15, 0.2) is 0 Å². The van der Waals surface area contributed by atoms with E-state index in [1.165, 1.54) is 55.7 Å². The Kier molecular flexibility index (Phi) is 8.26. The van der Waals surface area contributed by atoms with Gasteiger partial charge in [-0.15, -0.1) is 0 Å². The number of hydrogen-bond donors (Lipinski definition) is 1. The SMILES string of the molecule is CC(=O)Nc1ccc(S(=O)(=O)N2CCC(CC(=O)N3CCC(N4CCCCC4)CC3)CC2)cc1. The second-order valence-corrected chi connectivity index (χ2v) is 11.9. The third kappa shape index (κ3) is 6.17. The van der Waals surface area contributed by atoms with E-state index in [1.807, 2.05) is 4.90 Å². The molecule has 1 aromatic rings. The van der Waals surface area contributed by atoms with Crippen LogP contribution >= 0.6 is 0 Å². The van der Waals surface area contributed by atoms with Crippen molar-refractivity contribution in [2.24, 2.45) is 5.92 Å². The molecule has 1 aromatic carbocycles. The van der Waals surface area contributed by atoms with Gasteiger partial charge >= 0.3 is 0 Å². The van der Waals surface area contributed by atoms with Crippen molar-refractivity contribution in [3.05, 3.63) is 24.3 Å². The van der Waals surface area contributed by atoms with Gasteiger partial charge in [-0.25, -0.2) is 8.42 Å². The van der Waals surface area contributed by atoms with Crippen LogP contribution in [0.5, 0.6) is 0 Å². The molecule has 0 spiro atoms. The average Bonchev–Trinajstić information content (AvgIpc) is 2.85. The summed E-state index contributed by atoms with van der Waals surface area (Å²) in [4.78, 5) is 28.9. The Morgan fingerprint density at radius 2 is 1.50 bits per heavy atom. The smallest absolute Gasteiger partial charge is 0.243 e. The van der Waals surface area contributed by atoms with Crippen LogP contribution in [0.2, 0.25) is 0 Å². The molecule has 0 aliphatic carbocycles. The number of anilines is 1. The highest BCUT2D eigenvalue weighted by atomic mass is 32.2. The zero-order chi connectivity index (χ0) is 24.1. The number of amides is 2. The van der Waals surface area contributed by atoms with Gasteiger partial charge in [-0.1, -0.05) is 6.42 Å². The summed E-state index contributed by atoms with van der Waals surface area (Å²) in [5.74, 6) is 0.270. The molecular formula is C25H38N4O4S. The minimum atomic E-state index is -3.58. The number of sulfonamides is 1. The molecule has 0 bridgehead atoms. The van der Waals surface area contributed by atoms with Crippen LogP contribution in [-0.4, -0.2) is 79.6 Å². The van der Waals surface area contributed by atoms with Gasteiger partial charge in [0, 0.05) is 51.3 Å². The molecule has 0 aromatic heterocycles. The summed E-state index contributed by atoms with van der Waals surface area (Å²) in [6.45, 7) is 6.40. The summed E-state index contributed by atoms with van der Waals surface area (Å²) < 4.78 is 27.6. The lowest BCUT2D eigenvalue weighted by molar-refractivity contribution is -0.134. The van der Waals surface area contributed by atoms with E-state index >= 15 is 0 Å². The fourth-order valence-corrected chi connectivity index (χ4v) is 7.03. The second-order valence-electron chi connectivity index (χ2n) is 9.97. The number of nitrogens with zero attached hydrogens (tertiary/aromatic N) is 3. The molecule has 34 heavy (non-hydrogen) atoms. The largest absolute Gasteiger partial charge is 0.343 e. The Morgan fingerprint density at radius 3 is 2.09 bits per heavy atom. The van der Waals surface area contributed by atoms with E-state index in [0.717, 1.165) is 25.9 Å². The molecule has 0 radical (unpaired) electrons. The van der Waals surface area contributed by atoms with Crippen molar-refractivity contribution in [3.8, 4) is 0 Å². The molecule has 3 fully saturated rings. The first kappa shape index (κ1) is 25.1. The first-order valence-electron chi connectivity index (χ1n) is 12.7. The fourth-order valence-electron chi connectivity index (χ4n) is 5.56. The van der Waals surface area contributed by atoms with Crippen molar-refractivity contribution in [3.63, 3.8) is 0 Å². The molecule has 9 heteroatoms. The summed E-state index contributed by atoms with van der Waals surface area (Å²) in [6, 6.07) is 6.90. The molecule has 2 amide bonds. The summed E-state index contributed by atoms with van der Waals surface area (Å²) >= 11 is 0. The first-order chi connectivity index (χ1) is 16.3. The number of hydrogen-bond acceptors (Lipinski definition) is 5. The number of carbonyl (C=O) groups is 2. The van der Waals surface area contributed by atoms with E-state index in [9.17, 15) is 18.0 Å². The first-order valence-corrected chi connectivity index (χ1v) is 14.2. The van der Waals surface area contributed by atoms with E-state index in [0.29, 0.717) is 44.1 Å². The van der Waals surface area contributed by atoms with Gasteiger partial charge in [-0.05, 0) is 81.8 Å². The van der Waals surface area contributed by atoms with E-state index in [4.69, 9.17) is 0 Å². The van der Waals surface area contributed by atoms with E-state index in [2.05, 4.69) is 10.2 Å². The molecule has 1 N–H and O–H groups in total. The van der Waals surface area contributed by atoms with Crippen LogP contribution < -0.4 is 5.32 Å². The predicted molar refractivity (Wildman–Crippen MR) is 132 cm³/mol. The topological polar surface area (TPSA) is 90.0 Å². The lowest BCUT2D eigenvalue weighted by Crippen LogP contribution is -2.48. The maximum absolute atomic E-state index is 13.0. The highest BCUT2D eigenvalue weighted by Gasteiger charge is 2.32. The van der Waals surface area contributed by atoms with Crippen LogP contribution in [0.4, 0.5) is 5.69 Å². The van der Waals surface area contributed by atoms with Crippen molar-refractivity contribution >= 4 is 27.5 Å². The number of benzene rings is 1. The maximum Gasteiger partial charge on any atom is 0.243 e. The van der Waals surface area contributed by atoms with Crippen LogP contribution in [0.3, 0.4) is 0 Å². The standard InChI is InChI=1S/C25H38N4O4S/c1-20(30)26-22-5-7-24(8-6-22)34(32,33)29-17-9-21(10-18-29)19-25(31)28-15-11-23(12-16-28)27-13-3-2-4-14-27/h5-8,21,23H,2-4,9-19H2,1H3,(H,26,30). The molecule has 3 heterocycles. The van der Waals surface area contributed by atoms with Gasteiger partial charge in [0.25, 0.3) is 0 Å². The van der Waals surface area contributed by atoms with E-state index in [1.54, 1.807) is 12.1 Å². The van der Waals surface area contributed by atoms with Gasteiger partial charge in [0.05, 0.1) is 4.90 Å². The zero-order valence-electron chi connectivity index (χ0n) is 20.2. The van der Waals surface area contributed by atoms with Crippen LogP contribution in [0.1, 0.15) is 58.3 Å². The van der Waals surface area contributed by atoms with E-state index < -0.39 is 10.0 Å². The molecular weight excluding hydrogens is 452 g/mol. The molecule has 4 rings (SSSR count). The minimum absolute atomic E-state index is 0.196. The van der Waals surface area contributed by atoms with Crippen LogP contribution in [-0.2, 0) is 19.6 Å². The molecule has 0 atom stereocenters. The summed E-state index contributed by atoms with van der Waals surface area (Å²) in [7, 11) is -3.58. The Morgan fingerprint density at radius 1 is 0.882 bits per heavy atom. The normalized spacial score (nSPS) is 22.0. The monoisotopic (exact) mass is 490 g/mol. The Balaban J connectivity index is 1.23. The average molecular weight is 491 g/mol. The zero-order valence-corrected chi connectivity index (χ0v) is 21.1. The van der Waals surface area contributed by atoms with E-state index in [-0.39, 0.29) is 22.6 Å². The number of carbonyl (C=O) groups excluding carboxylic acids is 2. The number of piperidine rings is 3. The molecule has 3 aliphatic heterocycles. The van der Waals surface area contributed by atoms with Gasteiger partial charge in [-0.2, -0.15) is 4.31 Å². The van der Waals surface area contributed by atoms with Crippen molar-refractivity contribution < 1.29 is 18.0 Å². The molecule has 3 aliphatic rings. The molecule has 3 saturated heterocycles. The summed E-state index contributed by atoms with van der Waals surface area (Å²) in [5.41, 5.74) is 0.573. The van der Waals surface area contributed by atoms with Crippen molar-refractivity contribution in [2.45, 2.75) is 69.2 Å². The van der Waals surface area contributed by atoms with Gasteiger partial charge in [-0.3, -0.25) is 9.59 Å². The Labute approximate surface area is 203 Å². The van der Waals surface area contributed by atoms with Crippen LogP contribution in [0.25, 0.3) is 0 Å².